The molecule has 0 aliphatic heterocycles. The summed E-state index contributed by atoms with van der Waals surface area (Å²) < 4.78 is 5.37. The van der Waals surface area contributed by atoms with Crippen LogP contribution in [0, 0.1) is 0 Å². The number of ether oxygens (including phenoxy) is 1. The van der Waals surface area contributed by atoms with Gasteiger partial charge in [-0.05, 0) is 38.5 Å². The monoisotopic (exact) mass is 195 g/mol. The maximum atomic E-state index is 5.37. The lowest BCUT2D eigenvalue weighted by atomic mass is 9.92. The molecular formula is C12H21NO. The highest BCUT2D eigenvalue weighted by Crippen LogP contribution is 2.22. The van der Waals surface area contributed by atoms with Crippen LogP contribution in [0.25, 0.3) is 0 Å². The third-order valence-electron chi connectivity index (χ3n) is 3.49. The molecule has 0 aromatic carbocycles. The van der Waals surface area contributed by atoms with Gasteiger partial charge in [0.05, 0.1) is 6.10 Å². The Morgan fingerprint density at radius 1 is 1.00 bits per heavy atom. The van der Waals surface area contributed by atoms with E-state index in [4.69, 9.17) is 4.74 Å². The fourth-order valence-electron chi connectivity index (χ4n) is 2.55. The van der Waals surface area contributed by atoms with Crippen molar-refractivity contribution in [3.63, 3.8) is 0 Å². The van der Waals surface area contributed by atoms with Crippen LogP contribution in [-0.2, 0) is 4.74 Å². The van der Waals surface area contributed by atoms with Crippen LogP contribution in [0.2, 0.25) is 0 Å². The molecule has 0 aromatic heterocycles. The lowest BCUT2D eigenvalue weighted by Crippen LogP contribution is -2.40. The highest BCUT2D eigenvalue weighted by Gasteiger charge is 2.22. The van der Waals surface area contributed by atoms with Crippen molar-refractivity contribution in [2.24, 2.45) is 0 Å². The maximum Gasteiger partial charge on any atom is 0.0572 e. The largest absolute Gasteiger partial charge is 0.381 e. The molecule has 2 rings (SSSR count). The van der Waals surface area contributed by atoms with E-state index in [1.54, 1.807) is 0 Å². The van der Waals surface area contributed by atoms with Gasteiger partial charge in [0.1, 0.15) is 0 Å². The molecule has 0 saturated heterocycles. The Morgan fingerprint density at radius 2 is 1.64 bits per heavy atom. The van der Waals surface area contributed by atoms with Crippen molar-refractivity contribution >= 4 is 0 Å². The average molecular weight is 195 g/mol. The van der Waals surface area contributed by atoms with E-state index in [1.165, 1.54) is 38.5 Å². The summed E-state index contributed by atoms with van der Waals surface area (Å²) in [4.78, 5) is 0. The predicted octanol–water partition coefficient (Wildman–Crippen LogP) is 2.25. The first-order chi connectivity index (χ1) is 6.88. The van der Waals surface area contributed by atoms with E-state index in [1.807, 2.05) is 7.11 Å². The third-order valence-corrected chi connectivity index (χ3v) is 3.49. The summed E-state index contributed by atoms with van der Waals surface area (Å²) in [5.41, 5.74) is 0. The van der Waals surface area contributed by atoms with Gasteiger partial charge in [0.15, 0.2) is 0 Å². The molecule has 14 heavy (non-hydrogen) atoms. The third kappa shape index (κ3) is 2.58. The zero-order valence-corrected chi connectivity index (χ0v) is 9.04. The van der Waals surface area contributed by atoms with Crippen LogP contribution in [0.1, 0.15) is 38.5 Å². The summed E-state index contributed by atoms with van der Waals surface area (Å²) >= 11 is 0. The lowest BCUT2D eigenvalue weighted by Gasteiger charge is -2.30. The first kappa shape index (κ1) is 10.2. The van der Waals surface area contributed by atoms with E-state index in [0.717, 1.165) is 12.1 Å². The van der Waals surface area contributed by atoms with Gasteiger partial charge in [0.2, 0.25) is 0 Å². The first-order valence-corrected chi connectivity index (χ1v) is 5.82. The van der Waals surface area contributed by atoms with Crippen LogP contribution >= 0.6 is 0 Å². The smallest absolute Gasteiger partial charge is 0.0572 e. The maximum absolute atomic E-state index is 5.37. The minimum absolute atomic E-state index is 0.523. The van der Waals surface area contributed by atoms with Crippen LogP contribution < -0.4 is 5.32 Å². The molecule has 80 valence electrons. The van der Waals surface area contributed by atoms with E-state index < -0.39 is 0 Å². The van der Waals surface area contributed by atoms with Gasteiger partial charge in [-0.3, -0.25) is 0 Å². The van der Waals surface area contributed by atoms with Gasteiger partial charge < -0.3 is 10.1 Å². The normalized spacial score (nSPS) is 33.8. The summed E-state index contributed by atoms with van der Waals surface area (Å²) in [6.07, 6.45) is 12.6. The highest BCUT2D eigenvalue weighted by molar-refractivity contribution is 4.98. The molecule has 0 atom stereocenters. The SMILES string of the molecule is COC1CCC(NC2CC=CC2)CC1. The predicted molar refractivity (Wildman–Crippen MR) is 58.4 cm³/mol. The Hall–Kier alpha value is -0.340. The standard InChI is InChI=1S/C12H21NO/c1-14-12-8-6-11(7-9-12)13-10-4-2-3-5-10/h2-3,10-13H,4-9H2,1H3. The average Bonchev–Trinajstić information content (AvgIpc) is 2.72. The molecule has 0 unspecified atom stereocenters. The molecule has 2 aliphatic rings. The topological polar surface area (TPSA) is 21.3 Å². The molecule has 2 heteroatoms. The Morgan fingerprint density at radius 3 is 2.21 bits per heavy atom. The first-order valence-electron chi connectivity index (χ1n) is 5.82. The van der Waals surface area contributed by atoms with Crippen LogP contribution in [0.15, 0.2) is 12.2 Å². The Balaban J connectivity index is 1.68. The van der Waals surface area contributed by atoms with Gasteiger partial charge in [-0.2, -0.15) is 0 Å². The second-order valence-corrected chi connectivity index (χ2v) is 4.52. The van der Waals surface area contributed by atoms with Gasteiger partial charge in [-0.25, -0.2) is 0 Å². The van der Waals surface area contributed by atoms with Crippen molar-refractivity contribution in [2.45, 2.75) is 56.7 Å². The molecule has 0 bridgehead atoms. The molecule has 0 aromatic rings. The minimum atomic E-state index is 0.523. The highest BCUT2D eigenvalue weighted by atomic mass is 16.5. The molecule has 1 N–H and O–H groups in total. The fourth-order valence-corrected chi connectivity index (χ4v) is 2.55. The van der Waals surface area contributed by atoms with E-state index in [0.29, 0.717) is 6.10 Å². The number of nitrogens with one attached hydrogen (secondary N) is 1. The molecule has 2 nitrogen and oxygen atoms in total. The second kappa shape index (κ2) is 4.94. The molecule has 0 spiro atoms. The molecule has 2 aliphatic carbocycles. The van der Waals surface area contributed by atoms with Crippen molar-refractivity contribution in [3.05, 3.63) is 12.2 Å². The number of hydrogen-bond acceptors (Lipinski definition) is 2. The number of rotatable bonds is 3. The van der Waals surface area contributed by atoms with Crippen molar-refractivity contribution in [1.29, 1.82) is 0 Å². The van der Waals surface area contributed by atoms with Crippen LogP contribution in [0.3, 0.4) is 0 Å². The summed E-state index contributed by atoms with van der Waals surface area (Å²) in [5.74, 6) is 0. The van der Waals surface area contributed by atoms with Gasteiger partial charge in [0, 0.05) is 19.2 Å². The zero-order chi connectivity index (χ0) is 9.80. The van der Waals surface area contributed by atoms with E-state index in [2.05, 4.69) is 17.5 Å². The van der Waals surface area contributed by atoms with Crippen LogP contribution in [0.4, 0.5) is 0 Å². The molecular weight excluding hydrogens is 174 g/mol. The second-order valence-electron chi connectivity index (χ2n) is 4.52. The molecule has 0 amide bonds. The van der Waals surface area contributed by atoms with Crippen LogP contribution in [0.5, 0.6) is 0 Å². The summed E-state index contributed by atoms with van der Waals surface area (Å²) in [7, 11) is 1.83. The van der Waals surface area contributed by atoms with Crippen molar-refractivity contribution in [1.82, 2.24) is 5.32 Å². The summed E-state index contributed by atoms with van der Waals surface area (Å²) in [6.45, 7) is 0. The van der Waals surface area contributed by atoms with Crippen molar-refractivity contribution < 1.29 is 4.74 Å². The number of hydrogen-bond donors (Lipinski definition) is 1. The van der Waals surface area contributed by atoms with Gasteiger partial charge >= 0.3 is 0 Å². The van der Waals surface area contributed by atoms with Crippen molar-refractivity contribution in [3.8, 4) is 0 Å². The molecule has 1 saturated carbocycles. The van der Waals surface area contributed by atoms with E-state index in [9.17, 15) is 0 Å². The minimum Gasteiger partial charge on any atom is -0.381 e. The molecule has 1 fully saturated rings. The van der Waals surface area contributed by atoms with Gasteiger partial charge in [-0.1, -0.05) is 12.2 Å². The van der Waals surface area contributed by atoms with Gasteiger partial charge in [-0.15, -0.1) is 0 Å². The quantitative estimate of drug-likeness (QED) is 0.697. The summed E-state index contributed by atoms with van der Waals surface area (Å²) in [5, 5.41) is 3.74. The van der Waals surface area contributed by atoms with Crippen LogP contribution in [-0.4, -0.2) is 25.3 Å². The zero-order valence-electron chi connectivity index (χ0n) is 9.04. The van der Waals surface area contributed by atoms with Gasteiger partial charge in [0.25, 0.3) is 0 Å². The van der Waals surface area contributed by atoms with E-state index >= 15 is 0 Å². The Kier molecular flexibility index (Phi) is 3.60. The fraction of sp³-hybridized carbons (Fsp3) is 0.833. The van der Waals surface area contributed by atoms with Crippen molar-refractivity contribution in [2.75, 3.05) is 7.11 Å². The Labute approximate surface area is 86.7 Å². The molecule has 0 heterocycles. The Bertz CT molecular complexity index is 186. The lowest BCUT2D eigenvalue weighted by molar-refractivity contribution is 0.0613. The van der Waals surface area contributed by atoms with E-state index in [-0.39, 0.29) is 0 Å². The molecule has 0 radical (unpaired) electrons. The number of methoxy groups -OCH3 is 1. The summed E-state index contributed by atoms with van der Waals surface area (Å²) in [6, 6.07) is 1.46.